The van der Waals surface area contributed by atoms with Gasteiger partial charge in [-0.1, -0.05) is 11.3 Å². The molecule has 0 bridgehead atoms. The van der Waals surface area contributed by atoms with Crippen LogP contribution in [0.2, 0.25) is 0 Å². The molecule has 2 aromatic rings. The van der Waals surface area contributed by atoms with Crippen molar-refractivity contribution >= 4 is 27.7 Å². The highest BCUT2D eigenvalue weighted by atomic mass is 32.1. The zero-order valence-electron chi connectivity index (χ0n) is 13.0. The molecule has 0 amide bonds. The van der Waals surface area contributed by atoms with Crippen LogP contribution in [0.1, 0.15) is 25.3 Å². The normalized spacial score (nSPS) is 12.1. The summed E-state index contributed by atoms with van der Waals surface area (Å²) < 4.78 is 69.6. The molecular formula is C13H11F5N2O5S. The Morgan fingerprint density at radius 1 is 1.27 bits per heavy atom. The van der Waals surface area contributed by atoms with Crippen LogP contribution in [-0.4, -0.2) is 26.6 Å². The molecule has 144 valence electrons. The number of carboxylic acid groups (broad SMARTS) is 1. The topological polar surface area (TPSA) is 90.5 Å². The van der Waals surface area contributed by atoms with Gasteiger partial charge >= 0.3 is 18.0 Å². The predicted molar refractivity (Wildman–Crippen MR) is 80.3 cm³/mol. The summed E-state index contributed by atoms with van der Waals surface area (Å²) >= 11 is 0.205. The molecule has 0 aliphatic carbocycles. The molecule has 0 saturated carbocycles. The standard InChI is InChI=1S/C13H11F5N2O5S/c1-2-19-8(21)6-5(7(14)15)10(25-12(23)24)26-9(6)20(11(19)22)4-3-13(16,17)18/h7H,2-4H2,1H3,(H,23,24). The average molecular weight is 402 g/mol. The van der Waals surface area contributed by atoms with Gasteiger partial charge in [0.1, 0.15) is 4.83 Å². The smallest absolute Gasteiger partial charge is 0.449 e. The fourth-order valence-corrected chi connectivity index (χ4v) is 3.50. The highest BCUT2D eigenvalue weighted by Gasteiger charge is 2.31. The summed E-state index contributed by atoms with van der Waals surface area (Å²) in [4.78, 5) is 34.8. The zero-order chi connectivity index (χ0) is 19.8. The van der Waals surface area contributed by atoms with E-state index in [0.29, 0.717) is 9.13 Å². The van der Waals surface area contributed by atoms with E-state index >= 15 is 0 Å². The fourth-order valence-electron chi connectivity index (χ4n) is 2.33. The Bertz CT molecular complexity index is 959. The van der Waals surface area contributed by atoms with Crippen molar-refractivity contribution in [2.75, 3.05) is 0 Å². The monoisotopic (exact) mass is 402 g/mol. The lowest BCUT2D eigenvalue weighted by Crippen LogP contribution is -2.40. The van der Waals surface area contributed by atoms with Crippen LogP contribution in [0.25, 0.3) is 10.2 Å². The van der Waals surface area contributed by atoms with Crippen molar-refractivity contribution in [1.82, 2.24) is 9.13 Å². The number of aryl methyl sites for hydroxylation is 1. The quantitative estimate of drug-likeness (QED) is 0.613. The lowest BCUT2D eigenvalue weighted by atomic mass is 10.2. The van der Waals surface area contributed by atoms with Crippen molar-refractivity contribution in [2.45, 2.75) is 39.0 Å². The van der Waals surface area contributed by atoms with Crippen molar-refractivity contribution in [2.24, 2.45) is 0 Å². The van der Waals surface area contributed by atoms with Crippen molar-refractivity contribution in [3.63, 3.8) is 0 Å². The molecule has 0 unspecified atom stereocenters. The molecule has 0 aromatic carbocycles. The Balaban J connectivity index is 2.88. The maximum absolute atomic E-state index is 13.4. The second-order valence-electron chi connectivity index (χ2n) is 5.00. The number of hydrogen-bond donors (Lipinski definition) is 1. The van der Waals surface area contributed by atoms with Gasteiger partial charge in [0.2, 0.25) is 0 Å². The minimum Gasteiger partial charge on any atom is -0.449 e. The van der Waals surface area contributed by atoms with Crippen LogP contribution in [0, 0.1) is 0 Å². The van der Waals surface area contributed by atoms with Gasteiger partial charge in [0, 0.05) is 13.1 Å². The molecule has 0 atom stereocenters. The van der Waals surface area contributed by atoms with E-state index in [-0.39, 0.29) is 17.9 Å². The molecule has 0 spiro atoms. The second kappa shape index (κ2) is 7.05. The van der Waals surface area contributed by atoms with Gasteiger partial charge in [-0.2, -0.15) is 13.2 Å². The predicted octanol–water partition coefficient (Wildman–Crippen LogP) is 3.19. The SMILES string of the molecule is CCn1c(=O)c2c(C(F)F)c(OC(=O)O)sc2n(CCC(F)(F)F)c1=O. The largest absolute Gasteiger partial charge is 0.512 e. The van der Waals surface area contributed by atoms with E-state index in [9.17, 15) is 36.3 Å². The molecule has 0 fully saturated rings. The van der Waals surface area contributed by atoms with Gasteiger partial charge in [0.15, 0.2) is 5.06 Å². The van der Waals surface area contributed by atoms with Crippen LogP contribution >= 0.6 is 11.3 Å². The molecule has 1 N–H and O–H groups in total. The van der Waals surface area contributed by atoms with E-state index in [2.05, 4.69) is 4.74 Å². The number of thiophene rings is 1. The molecule has 2 rings (SSSR count). The molecule has 13 heteroatoms. The van der Waals surface area contributed by atoms with Gasteiger partial charge in [-0.3, -0.25) is 13.9 Å². The first-order valence-electron chi connectivity index (χ1n) is 7.03. The lowest BCUT2D eigenvalue weighted by molar-refractivity contribution is -0.136. The minimum atomic E-state index is -4.64. The first kappa shape index (κ1) is 19.9. The Labute approximate surface area is 144 Å². The Hall–Kier alpha value is -2.44. The van der Waals surface area contributed by atoms with Crippen molar-refractivity contribution in [3.05, 3.63) is 26.4 Å². The highest BCUT2D eigenvalue weighted by molar-refractivity contribution is 7.20. The number of aromatic nitrogens is 2. The molecule has 0 radical (unpaired) electrons. The van der Waals surface area contributed by atoms with Crippen LogP contribution in [0.15, 0.2) is 9.59 Å². The lowest BCUT2D eigenvalue weighted by Gasteiger charge is -2.12. The van der Waals surface area contributed by atoms with E-state index in [4.69, 9.17) is 5.11 Å². The zero-order valence-corrected chi connectivity index (χ0v) is 13.8. The van der Waals surface area contributed by atoms with Crippen molar-refractivity contribution in [1.29, 1.82) is 0 Å². The Morgan fingerprint density at radius 3 is 2.35 bits per heavy atom. The molecule has 2 heterocycles. The van der Waals surface area contributed by atoms with E-state index in [0.717, 1.165) is 0 Å². The third-order valence-electron chi connectivity index (χ3n) is 3.39. The number of alkyl halides is 5. The second-order valence-corrected chi connectivity index (χ2v) is 5.96. The molecule has 0 aliphatic heterocycles. The summed E-state index contributed by atoms with van der Waals surface area (Å²) in [5, 5.41) is 7.04. The number of fused-ring (bicyclic) bond motifs is 1. The number of halogens is 5. The first-order valence-corrected chi connectivity index (χ1v) is 7.85. The maximum atomic E-state index is 13.4. The van der Waals surface area contributed by atoms with Crippen LogP contribution in [0.5, 0.6) is 5.06 Å². The Kier molecular flexibility index (Phi) is 5.39. The summed E-state index contributed by atoms with van der Waals surface area (Å²) in [6, 6.07) is 0. The molecular weight excluding hydrogens is 391 g/mol. The van der Waals surface area contributed by atoms with Gasteiger partial charge in [-0.25, -0.2) is 18.4 Å². The third-order valence-corrected chi connectivity index (χ3v) is 4.50. The van der Waals surface area contributed by atoms with Crippen LogP contribution in [-0.2, 0) is 13.1 Å². The molecule has 0 aliphatic rings. The highest BCUT2D eigenvalue weighted by Crippen LogP contribution is 2.41. The average Bonchev–Trinajstić information content (AvgIpc) is 2.84. The summed E-state index contributed by atoms with van der Waals surface area (Å²) in [7, 11) is 0. The van der Waals surface area contributed by atoms with E-state index in [1.807, 2.05) is 0 Å². The molecule has 7 nitrogen and oxygen atoms in total. The Morgan fingerprint density at radius 2 is 1.88 bits per heavy atom. The number of carbonyl (C=O) groups is 1. The molecule has 2 aromatic heterocycles. The molecule has 0 saturated heterocycles. The number of rotatable bonds is 5. The van der Waals surface area contributed by atoms with E-state index < -0.39 is 63.8 Å². The number of nitrogens with zero attached hydrogens (tertiary/aromatic N) is 2. The summed E-state index contributed by atoms with van der Waals surface area (Å²) in [5.41, 5.74) is -3.33. The van der Waals surface area contributed by atoms with E-state index in [1.165, 1.54) is 6.92 Å². The maximum Gasteiger partial charge on any atom is 0.512 e. The van der Waals surface area contributed by atoms with E-state index in [1.54, 1.807) is 0 Å². The summed E-state index contributed by atoms with van der Waals surface area (Å²) in [5.74, 6) is 0. The molecule has 26 heavy (non-hydrogen) atoms. The third kappa shape index (κ3) is 3.71. The summed E-state index contributed by atoms with van der Waals surface area (Å²) in [6.07, 6.45) is -11.4. The van der Waals surface area contributed by atoms with Crippen LogP contribution in [0.3, 0.4) is 0 Å². The van der Waals surface area contributed by atoms with Gasteiger partial charge in [-0.05, 0) is 6.92 Å². The van der Waals surface area contributed by atoms with Crippen LogP contribution in [0.4, 0.5) is 26.7 Å². The van der Waals surface area contributed by atoms with Gasteiger partial charge in [0.25, 0.3) is 12.0 Å². The summed E-state index contributed by atoms with van der Waals surface area (Å²) in [6.45, 7) is 0.147. The number of ether oxygens (including phenoxy) is 1. The first-order chi connectivity index (χ1) is 12.0. The number of hydrogen-bond acceptors (Lipinski definition) is 5. The van der Waals surface area contributed by atoms with Crippen molar-refractivity contribution in [3.8, 4) is 5.06 Å². The van der Waals surface area contributed by atoms with Gasteiger partial charge in [-0.15, -0.1) is 0 Å². The van der Waals surface area contributed by atoms with Crippen LogP contribution < -0.4 is 16.0 Å². The van der Waals surface area contributed by atoms with Gasteiger partial charge in [0.05, 0.1) is 17.4 Å². The fraction of sp³-hybridized carbons (Fsp3) is 0.462. The van der Waals surface area contributed by atoms with Crippen molar-refractivity contribution < 1.29 is 36.6 Å². The minimum absolute atomic E-state index is 0.205. The van der Waals surface area contributed by atoms with Gasteiger partial charge < -0.3 is 9.84 Å².